The third-order valence-corrected chi connectivity index (χ3v) is 3.82. The van der Waals surface area contributed by atoms with Gasteiger partial charge >= 0.3 is 5.97 Å². The average Bonchev–Trinajstić information content (AvgIpc) is 2.60. The van der Waals surface area contributed by atoms with Crippen LogP contribution in [0, 0.1) is 5.82 Å². The first-order valence-corrected chi connectivity index (χ1v) is 8.12. The molecule has 2 aromatic rings. The molecule has 5 nitrogen and oxygen atoms in total. The third-order valence-electron chi connectivity index (χ3n) is 3.09. The number of amides is 1. The number of ether oxygens (including phenoxy) is 2. The van der Waals surface area contributed by atoms with Crippen molar-refractivity contribution in [3.63, 3.8) is 0 Å². The van der Waals surface area contributed by atoms with Crippen molar-refractivity contribution in [1.29, 1.82) is 0 Å². The van der Waals surface area contributed by atoms with Crippen LogP contribution in [-0.2, 0) is 9.53 Å². The Morgan fingerprint density at radius 1 is 1.15 bits per heavy atom. The van der Waals surface area contributed by atoms with Crippen molar-refractivity contribution >= 4 is 29.3 Å². The fourth-order valence-electron chi connectivity index (χ4n) is 1.91. The Labute approximate surface area is 151 Å². The molecule has 1 N–H and O–H groups in total. The van der Waals surface area contributed by atoms with Crippen molar-refractivity contribution in [2.24, 2.45) is 0 Å². The van der Waals surface area contributed by atoms with E-state index in [1.54, 1.807) is 0 Å². The normalized spacial score (nSPS) is 10.5. The molecule has 0 radical (unpaired) electrons. The van der Waals surface area contributed by atoms with Gasteiger partial charge < -0.3 is 14.8 Å². The highest BCUT2D eigenvalue weighted by atomic mass is 32.2. The van der Waals surface area contributed by atoms with Gasteiger partial charge in [-0.15, -0.1) is 0 Å². The molecule has 0 aliphatic heterocycles. The largest absolute Gasteiger partial charge is 0.497 e. The molecule has 0 aromatic heterocycles. The van der Waals surface area contributed by atoms with Crippen molar-refractivity contribution in [2.75, 3.05) is 19.0 Å². The molecule has 0 aliphatic rings. The predicted molar refractivity (Wildman–Crippen MR) is 90.2 cm³/mol. The number of methoxy groups -OCH3 is 1. The molecule has 0 bridgehead atoms. The van der Waals surface area contributed by atoms with E-state index in [2.05, 4.69) is 5.32 Å². The zero-order valence-corrected chi connectivity index (χ0v) is 14.3. The third kappa shape index (κ3) is 5.69. The summed E-state index contributed by atoms with van der Waals surface area (Å²) in [6, 6.07) is 9.32. The maximum absolute atomic E-state index is 13.8. The topological polar surface area (TPSA) is 64.6 Å². The lowest BCUT2D eigenvalue weighted by Crippen LogP contribution is -2.21. The number of rotatable bonds is 7. The van der Waals surface area contributed by atoms with Crippen molar-refractivity contribution in [1.82, 2.24) is 0 Å². The molecule has 138 valence electrons. The van der Waals surface area contributed by atoms with Crippen LogP contribution in [0.25, 0.3) is 0 Å². The van der Waals surface area contributed by atoms with E-state index < -0.39 is 30.1 Å². The van der Waals surface area contributed by atoms with E-state index in [1.165, 1.54) is 43.5 Å². The zero-order valence-electron chi connectivity index (χ0n) is 13.5. The summed E-state index contributed by atoms with van der Waals surface area (Å²) in [5.41, 5.74) is 0.0206. The molecule has 9 heteroatoms. The summed E-state index contributed by atoms with van der Waals surface area (Å²) in [6.45, 7) is -0.627. The van der Waals surface area contributed by atoms with Crippen LogP contribution < -0.4 is 10.1 Å². The Balaban J connectivity index is 1.87. The van der Waals surface area contributed by atoms with Gasteiger partial charge in [-0.3, -0.25) is 4.79 Å². The number of alkyl halides is 2. The number of carbonyl (C=O) groups is 2. The van der Waals surface area contributed by atoms with Gasteiger partial charge in [0.25, 0.3) is 11.7 Å². The van der Waals surface area contributed by atoms with E-state index in [1.807, 2.05) is 0 Å². The summed E-state index contributed by atoms with van der Waals surface area (Å²) < 4.78 is 47.8. The van der Waals surface area contributed by atoms with Crippen LogP contribution in [0.4, 0.5) is 18.9 Å². The van der Waals surface area contributed by atoms with Crippen LogP contribution in [0.5, 0.6) is 5.75 Å². The van der Waals surface area contributed by atoms with E-state index in [4.69, 9.17) is 9.47 Å². The smallest absolute Gasteiger partial charge is 0.341 e. The molecule has 0 fully saturated rings. The van der Waals surface area contributed by atoms with Gasteiger partial charge in [0, 0.05) is 16.6 Å². The van der Waals surface area contributed by atoms with Gasteiger partial charge in [-0.1, -0.05) is 11.8 Å². The first kappa shape index (κ1) is 19.6. The first-order valence-electron chi connectivity index (χ1n) is 7.24. The first-order chi connectivity index (χ1) is 12.4. The van der Waals surface area contributed by atoms with E-state index in [0.29, 0.717) is 22.3 Å². The molecular formula is C17H14F3NO4S. The van der Waals surface area contributed by atoms with Crippen LogP contribution in [0.15, 0.2) is 47.4 Å². The summed E-state index contributed by atoms with van der Waals surface area (Å²) in [5.74, 6) is -4.77. The number of anilines is 1. The van der Waals surface area contributed by atoms with Crippen LogP contribution in [0.2, 0.25) is 0 Å². The number of hydrogen-bond donors (Lipinski definition) is 1. The fourth-order valence-corrected chi connectivity index (χ4v) is 2.41. The highest BCUT2D eigenvalue weighted by Crippen LogP contribution is 2.26. The summed E-state index contributed by atoms with van der Waals surface area (Å²) in [4.78, 5) is 23.9. The Hall–Kier alpha value is -2.68. The summed E-state index contributed by atoms with van der Waals surface area (Å²) >= 11 is 0.382. The number of nitrogens with one attached hydrogen (secondary N) is 1. The van der Waals surface area contributed by atoms with Crippen molar-refractivity contribution < 1.29 is 32.2 Å². The molecule has 0 saturated carbocycles. The highest BCUT2D eigenvalue weighted by Gasteiger charge is 2.16. The monoisotopic (exact) mass is 385 g/mol. The van der Waals surface area contributed by atoms with Crippen LogP contribution in [0.1, 0.15) is 10.4 Å². The molecule has 2 rings (SSSR count). The number of benzene rings is 2. The molecule has 0 heterocycles. The van der Waals surface area contributed by atoms with Crippen molar-refractivity contribution in [3.05, 3.63) is 53.8 Å². The highest BCUT2D eigenvalue weighted by molar-refractivity contribution is 7.99. The van der Waals surface area contributed by atoms with E-state index >= 15 is 0 Å². The van der Waals surface area contributed by atoms with Crippen molar-refractivity contribution in [2.45, 2.75) is 10.7 Å². The molecule has 0 saturated heterocycles. The van der Waals surface area contributed by atoms with E-state index in [-0.39, 0.29) is 11.3 Å². The number of thioether (sulfide) groups is 1. The maximum atomic E-state index is 13.8. The second kappa shape index (κ2) is 9.14. The van der Waals surface area contributed by atoms with Crippen LogP contribution in [0.3, 0.4) is 0 Å². The van der Waals surface area contributed by atoms with E-state index in [9.17, 15) is 22.8 Å². The molecule has 0 aliphatic carbocycles. The average molecular weight is 385 g/mol. The van der Waals surface area contributed by atoms with Gasteiger partial charge in [0.15, 0.2) is 6.61 Å². The lowest BCUT2D eigenvalue weighted by Gasteiger charge is -2.08. The van der Waals surface area contributed by atoms with Gasteiger partial charge in [-0.2, -0.15) is 8.78 Å². The lowest BCUT2D eigenvalue weighted by atomic mass is 10.2. The van der Waals surface area contributed by atoms with Crippen molar-refractivity contribution in [3.8, 4) is 5.75 Å². The Kier molecular flexibility index (Phi) is 6.90. The van der Waals surface area contributed by atoms with Crippen LogP contribution >= 0.6 is 11.8 Å². The van der Waals surface area contributed by atoms with Gasteiger partial charge in [-0.25, -0.2) is 9.18 Å². The summed E-state index contributed by atoms with van der Waals surface area (Å²) in [5, 5.41) is 2.44. The fraction of sp³-hybridized carbons (Fsp3) is 0.176. The SMILES string of the molecule is COc1ccc(C(=O)OCC(=O)Nc2ccc(SC(F)F)cc2)c(F)c1. The Morgan fingerprint density at radius 2 is 1.85 bits per heavy atom. The Bertz CT molecular complexity index is 784. The molecule has 2 aromatic carbocycles. The Morgan fingerprint density at radius 3 is 2.42 bits per heavy atom. The summed E-state index contributed by atoms with van der Waals surface area (Å²) in [6.07, 6.45) is 0. The number of halogens is 3. The maximum Gasteiger partial charge on any atom is 0.341 e. The second-order valence-electron chi connectivity index (χ2n) is 4.87. The second-order valence-corrected chi connectivity index (χ2v) is 5.94. The molecular weight excluding hydrogens is 371 g/mol. The zero-order chi connectivity index (χ0) is 19.1. The van der Waals surface area contributed by atoms with Gasteiger partial charge in [-0.05, 0) is 36.4 Å². The standard InChI is InChI=1S/C17H14F3NO4S/c1-24-11-4-7-13(14(18)8-11)16(23)25-9-15(22)21-10-2-5-12(6-3-10)26-17(19)20/h2-8,17H,9H2,1H3,(H,21,22). The number of carbonyl (C=O) groups excluding carboxylic acids is 2. The molecule has 26 heavy (non-hydrogen) atoms. The molecule has 0 unspecified atom stereocenters. The van der Waals surface area contributed by atoms with Gasteiger partial charge in [0.1, 0.15) is 11.6 Å². The minimum atomic E-state index is -2.53. The molecule has 0 spiro atoms. The quantitative estimate of drug-likeness (QED) is 0.578. The number of esters is 1. The minimum absolute atomic E-state index is 0.241. The molecule has 1 amide bonds. The minimum Gasteiger partial charge on any atom is -0.497 e. The molecule has 0 atom stereocenters. The number of hydrogen-bond acceptors (Lipinski definition) is 5. The van der Waals surface area contributed by atoms with Crippen LogP contribution in [-0.4, -0.2) is 31.4 Å². The van der Waals surface area contributed by atoms with E-state index in [0.717, 1.165) is 6.07 Å². The van der Waals surface area contributed by atoms with Gasteiger partial charge in [0.2, 0.25) is 0 Å². The predicted octanol–water partition coefficient (Wildman–Crippen LogP) is 3.94. The summed E-state index contributed by atoms with van der Waals surface area (Å²) in [7, 11) is 1.36. The van der Waals surface area contributed by atoms with Gasteiger partial charge in [0.05, 0.1) is 12.7 Å². The lowest BCUT2D eigenvalue weighted by molar-refractivity contribution is -0.119.